The standard InChI is InChI=1S/C9H12ClNO2/c1-13-9-4-6(10)2-3-7(9)8(11)5-12/h2-4,8,12H,5,11H2,1H3. The second-order valence-electron chi connectivity index (χ2n) is 2.68. The van der Waals surface area contributed by atoms with Crippen molar-refractivity contribution in [1.29, 1.82) is 0 Å². The maximum absolute atomic E-state index is 8.86. The largest absolute Gasteiger partial charge is 0.496 e. The number of hydrogen-bond donors (Lipinski definition) is 2. The van der Waals surface area contributed by atoms with E-state index in [2.05, 4.69) is 0 Å². The lowest BCUT2D eigenvalue weighted by Gasteiger charge is -2.13. The molecule has 0 aromatic heterocycles. The second kappa shape index (κ2) is 4.46. The van der Waals surface area contributed by atoms with Crippen molar-refractivity contribution in [3.63, 3.8) is 0 Å². The maximum atomic E-state index is 8.86. The summed E-state index contributed by atoms with van der Waals surface area (Å²) in [5.41, 5.74) is 6.41. The monoisotopic (exact) mass is 201 g/mol. The van der Waals surface area contributed by atoms with Crippen molar-refractivity contribution >= 4 is 11.6 Å². The predicted molar refractivity (Wildman–Crippen MR) is 52.0 cm³/mol. The molecule has 3 nitrogen and oxygen atoms in total. The number of aliphatic hydroxyl groups is 1. The van der Waals surface area contributed by atoms with E-state index >= 15 is 0 Å². The van der Waals surface area contributed by atoms with Gasteiger partial charge in [-0.2, -0.15) is 0 Å². The van der Waals surface area contributed by atoms with E-state index in [-0.39, 0.29) is 6.61 Å². The molecule has 72 valence electrons. The average Bonchev–Trinajstić information content (AvgIpc) is 2.16. The summed E-state index contributed by atoms with van der Waals surface area (Å²) in [5.74, 6) is 0.606. The molecule has 0 amide bonds. The van der Waals surface area contributed by atoms with Crippen molar-refractivity contribution in [3.05, 3.63) is 28.8 Å². The van der Waals surface area contributed by atoms with Gasteiger partial charge < -0.3 is 15.6 Å². The van der Waals surface area contributed by atoms with Gasteiger partial charge in [-0.05, 0) is 12.1 Å². The van der Waals surface area contributed by atoms with Crippen LogP contribution in [0, 0.1) is 0 Å². The van der Waals surface area contributed by atoms with Crippen LogP contribution in [0.5, 0.6) is 5.75 Å². The third-order valence-corrected chi connectivity index (χ3v) is 2.03. The minimum absolute atomic E-state index is 0.113. The summed E-state index contributed by atoms with van der Waals surface area (Å²) in [4.78, 5) is 0. The SMILES string of the molecule is COc1cc(Cl)ccc1C(N)CO. The molecule has 0 radical (unpaired) electrons. The zero-order chi connectivity index (χ0) is 9.84. The highest BCUT2D eigenvalue weighted by Crippen LogP contribution is 2.26. The Labute approximate surface area is 82.1 Å². The lowest BCUT2D eigenvalue weighted by atomic mass is 10.1. The van der Waals surface area contributed by atoms with Gasteiger partial charge in [-0.25, -0.2) is 0 Å². The molecule has 0 fully saturated rings. The van der Waals surface area contributed by atoms with E-state index in [0.29, 0.717) is 10.8 Å². The molecule has 0 aliphatic heterocycles. The van der Waals surface area contributed by atoms with E-state index in [1.165, 1.54) is 0 Å². The van der Waals surface area contributed by atoms with Gasteiger partial charge in [0.25, 0.3) is 0 Å². The number of aliphatic hydroxyl groups excluding tert-OH is 1. The van der Waals surface area contributed by atoms with Crippen LogP contribution in [0.1, 0.15) is 11.6 Å². The number of benzene rings is 1. The van der Waals surface area contributed by atoms with E-state index in [1.54, 1.807) is 25.3 Å². The zero-order valence-corrected chi connectivity index (χ0v) is 8.08. The van der Waals surface area contributed by atoms with Crippen LogP contribution in [0.3, 0.4) is 0 Å². The van der Waals surface area contributed by atoms with Crippen molar-refractivity contribution in [2.24, 2.45) is 5.73 Å². The third kappa shape index (κ3) is 2.34. The summed E-state index contributed by atoms with van der Waals surface area (Å²) < 4.78 is 5.07. The Bertz CT molecular complexity index is 291. The molecule has 3 N–H and O–H groups in total. The molecule has 0 spiro atoms. The van der Waals surface area contributed by atoms with Gasteiger partial charge in [-0.1, -0.05) is 17.7 Å². The van der Waals surface area contributed by atoms with Crippen molar-refractivity contribution in [1.82, 2.24) is 0 Å². The van der Waals surface area contributed by atoms with Crippen LogP contribution in [0.25, 0.3) is 0 Å². The van der Waals surface area contributed by atoms with Crippen LogP contribution in [0.2, 0.25) is 5.02 Å². The normalized spacial score (nSPS) is 12.6. The molecule has 0 saturated carbocycles. The summed E-state index contributed by atoms with van der Waals surface area (Å²) >= 11 is 5.76. The fraction of sp³-hybridized carbons (Fsp3) is 0.333. The molecule has 1 aromatic rings. The van der Waals surface area contributed by atoms with Crippen LogP contribution in [0.15, 0.2) is 18.2 Å². The lowest BCUT2D eigenvalue weighted by molar-refractivity contribution is 0.264. The first-order valence-electron chi connectivity index (χ1n) is 3.89. The number of halogens is 1. The lowest BCUT2D eigenvalue weighted by Crippen LogP contribution is -2.15. The van der Waals surface area contributed by atoms with Crippen LogP contribution < -0.4 is 10.5 Å². The van der Waals surface area contributed by atoms with E-state index in [4.69, 9.17) is 27.2 Å². The molecule has 13 heavy (non-hydrogen) atoms. The Kier molecular flexibility index (Phi) is 3.54. The molecular formula is C9H12ClNO2. The number of hydrogen-bond acceptors (Lipinski definition) is 3. The molecule has 1 rings (SSSR count). The van der Waals surface area contributed by atoms with Crippen LogP contribution >= 0.6 is 11.6 Å². The molecule has 1 unspecified atom stereocenters. The van der Waals surface area contributed by atoms with Gasteiger partial charge in [0.15, 0.2) is 0 Å². The Morgan fingerprint density at radius 2 is 2.31 bits per heavy atom. The Hall–Kier alpha value is -0.770. The third-order valence-electron chi connectivity index (χ3n) is 1.79. The molecule has 0 heterocycles. The second-order valence-corrected chi connectivity index (χ2v) is 3.11. The Morgan fingerprint density at radius 1 is 1.62 bits per heavy atom. The number of methoxy groups -OCH3 is 1. The smallest absolute Gasteiger partial charge is 0.125 e. The van der Waals surface area contributed by atoms with Gasteiger partial charge in [0.1, 0.15) is 5.75 Å². The molecule has 1 atom stereocenters. The summed E-state index contributed by atoms with van der Waals surface area (Å²) in [6, 6.07) is 4.72. The topological polar surface area (TPSA) is 55.5 Å². The zero-order valence-electron chi connectivity index (χ0n) is 7.33. The summed E-state index contributed by atoms with van der Waals surface area (Å²) in [7, 11) is 1.54. The predicted octanol–water partition coefficient (Wildman–Crippen LogP) is 1.34. The van der Waals surface area contributed by atoms with E-state index in [9.17, 15) is 0 Å². The van der Waals surface area contributed by atoms with Gasteiger partial charge in [-0.3, -0.25) is 0 Å². The molecule has 0 saturated heterocycles. The first-order chi connectivity index (χ1) is 6.19. The molecule has 0 bridgehead atoms. The first kappa shape index (κ1) is 10.3. The Balaban J connectivity index is 3.05. The van der Waals surface area contributed by atoms with E-state index < -0.39 is 6.04 Å². The van der Waals surface area contributed by atoms with Crippen molar-refractivity contribution < 1.29 is 9.84 Å². The molecule has 0 aliphatic carbocycles. The molecular weight excluding hydrogens is 190 g/mol. The summed E-state index contributed by atoms with van der Waals surface area (Å²) in [5, 5.41) is 9.45. The molecule has 0 aliphatic rings. The van der Waals surface area contributed by atoms with Crippen LogP contribution in [-0.4, -0.2) is 18.8 Å². The van der Waals surface area contributed by atoms with Gasteiger partial charge in [0.2, 0.25) is 0 Å². The number of rotatable bonds is 3. The summed E-state index contributed by atoms with van der Waals surface area (Å²) in [6.07, 6.45) is 0. The summed E-state index contributed by atoms with van der Waals surface area (Å²) in [6.45, 7) is -0.113. The minimum atomic E-state index is -0.424. The molecule has 4 heteroatoms. The number of ether oxygens (including phenoxy) is 1. The Morgan fingerprint density at radius 3 is 2.85 bits per heavy atom. The molecule has 1 aromatic carbocycles. The van der Waals surface area contributed by atoms with E-state index in [0.717, 1.165) is 5.56 Å². The van der Waals surface area contributed by atoms with Gasteiger partial charge in [0.05, 0.1) is 19.8 Å². The van der Waals surface area contributed by atoms with Gasteiger partial charge >= 0.3 is 0 Å². The van der Waals surface area contributed by atoms with E-state index in [1.807, 2.05) is 0 Å². The average molecular weight is 202 g/mol. The van der Waals surface area contributed by atoms with Crippen molar-refractivity contribution in [3.8, 4) is 5.75 Å². The highest BCUT2D eigenvalue weighted by Gasteiger charge is 2.10. The quantitative estimate of drug-likeness (QED) is 0.776. The highest BCUT2D eigenvalue weighted by molar-refractivity contribution is 6.30. The minimum Gasteiger partial charge on any atom is -0.496 e. The fourth-order valence-corrected chi connectivity index (χ4v) is 1.25. The van der Waals surface area contributed by atoms with Crippen molar-refractivity contribution in [2.75, 3.05) is 13.7 Å². The van der Waals surface area contributed by atoms with Crippen LogP contribution in [-0.2, 0) is 0 Å². The van der Waals surface area contributed by atoms with Gasteiger partial charge in [0, 0.05) is 10.6 Å². The van der Waals surface area contributed by atoms with Crippen molar-refractivity contribution in [2.45, 2.75) is 6.04 Å². The highest BCUT2D eigenvalue weighted by atomic mass is 35.5. The maximum Gasteiger partial charge on any atom is 0.125 e. The number of nitrogens with two attached hydrogens (primary N) is 1. The van der Waals surface area contributed by atoms with Gasteiger partial charge in [-0.15, -0.1) is 0 Å². The first-order valence-corrected chi connectivity index (χ1v) is 4.26. The van der Waals surface area contributed by atoms with Crippen LogP contribution in [0.4, 0.5) is 0 Å². The fourth-order valence-electron chi connectivity index (χ4n) is 1.09.